The van der Waals surface area contributed by atoms with Crippen LogP contribution in [0.15, 0.2) is 35.2 Å². The molecule has 0 aliphatic heterocycles. The number of nitrogens with one attached hydrogen (secondary N) is 1. The maximum Gasteiger partial charge on any atom is 0.307 e. The molecule has 0 unspecified atom stereocenters. The molecule has 2 aliphatic rings. The van der Waals surface area contributed by atoms with Gasteiger partial charge < -0.3 is 14.8 Å². The number of carboxylic acid groups (broad SMARTS) is 1. The lowest BCUT2D eigenvalue weighted by Crippen LogP contribution is -2.39. The Morgan fingerprint density at radius 3 is 2.68 bits per heavy atom. The van der Waals surface area contributed by atoms with Gasteiger partial charge in [-0.3, -0.25) is 9.59 Å². The molecule has 5 heteroatoms. The van der Waals surface area contributed by atoms with Crippen molar-refractivity contribution >= 4 is 11.9 Å². The molecule has 100 valence electrons. The molecule has 4 atom stereocenters. The predicted octanol–water partition coefficient (Wildman–Crippen LogP) is 1.42. The number of carboxylic acids is 1. The molecule has 1 amide bonds. The summed E-state index contributed by atoms with van der Waals surface area (Å²) in [5.74, 6) is -2.01. The van der Waals surface area contributed by atoms with Gasteiger partial charge in [0, 0.05) is 12.1 Å². The lowest BCUT2D eigenvalue weighted by atomic mass is 9.82. The first-order valence-corrected chi connectivity index (χ1v) is 6.36. The summed E-state index contributed by atoms with van der Waals surface area (Å²) in [5, 5.41) is 12.1. The summed E-state index contributed by atoms with van der Waals surface area (Å²) in [6.07, 6.45) is 7.80. The maximum absolute atomic E-state index is 12.2. The summed E-state index contributed by atoms with van der Waals surface area (Å²) in [6, 6.07) is 1.77. The normalized spacial score (nSPS) is 31.6. The van der Waals surface area contributed by atoms with E-state index in [1.54, 1.807) is 18.6 Å². The van der Waals surface area contributed by atoms with Gasteiger partial charge in [-0.25, -0.2) is 0 Å². The Balaban J connectivity index is 1.68. The van der Waals surface area contributed by atoms with Crippen LogP contribution in [0.5, 0.6) is 0 Å². The highest BCUT2D eigenvalue weighted by atomic mass is 16.4. The highest BCUT2D eigenvalue weighted by molar-refractivity contribution is 5.86. The van der Waals surface area contributed by atoms with Crippen LogP contribution in [0.1, 0.15) is 12.0 Å². The van der Waals surface area contributed by atoms with E-state index in [1.165, 1.54) is 0 Å². The fraction of sp³-hybridized carbons (Fsp3) is 0.429. The molecule has 3 rings (SSSR count). The van der Waals surface area contributed by atoms with E-state index in [4.69, 9.17) is 4.42 Å². The molecule has 2 bridgehead atoms. The van der Waals surface area contributed by atoms with E-state index in [2.05, 4.69) is 5.32 Å². The minimum absolute atomic E-state index is 0.00664. The van der Waals surface area contributed by atoms with Gasteiger partial charge in [0.25, 0.3) is 0 Å². The van der Waals surface area contributed by atoms with E-state index in [0.717, 1.165) is 12.0 Å². The summed E-state index contributed by atoms with van der Waals surface area (Å²) >= 11 is 0. The Morgan fingerprint density at radius 2 is 2.05 bits per heavy atom. The molecule has 0 saturated heterocycles. The van der Waals surface area contributed by atoms with Crippen molar-refractivity contribution in [1.82, 2.24) is 5.32 Å². The van der Waals surface area contributed by atoms with E-state index in [0.29, 0.717) is 6.54 Å². The average Bonchev–Trinajstić information content (AvgIpc) is 3.10. The molecule has 1 heterocycles. The van der Waals surface area contributed by atoms with Crippen LogP contribution >= 0.6 is 0 Å². The van der Waals surface area contributed by atoms with Crippen molar-refractivity contribution in [2.24, 2.45) is 23.7 Å². The van der Waals surface area contributed by atoms with E-state index in [1.807, 2.05) is 12.2 Å². The SMILES string of the molecule is O=C(NCc1ccoc1)[C@@H]1[C@@H](C(=O)O)[C@H]2C=C[C@@H]1C2. The third-order valence-electron chi connectivity index (χ3n) is 4.09. The number of carbonyl (C=O) groups excluding carboxylic acids is 1. The molecule has 2 N–H and O–H groups in total. The molecule has 1 saturated carbocycles. The van der Waals surface area contributed by atoms with Crippen molar-refractivity contribution in [3.8, 4) is 0 Å². The van der Waals surface area contributed by atoms with Crippen molar-refractivity contribution in [1.29, 1.82) is 0 Å². The molecule has 1 aromatic heterocycles. The topological polar surface area (TPSA) is 79.5 Å². The van der Waals surface area contributed by atoms with Crippen molar-refractivity contribution in [2.45, 2.75) is 13.0 Å². The highest BCUT2D eigenvalue weighted by Gasteiger charge is 2.51. The van der Waals surface area contributed by atoms with Gasteiger partial charge in [-0.1, -0.05) is 12.2 Å². The standard InChI is InChI=1S/C14H15NO4/c16-13(15-6-8-3-4-19-7-8)11-9-1-2-10(5-9)12(11)14(17)18/h1-4,7,9-12H,5-6H2,(H,15,16)(H,17,18)/t9-,10+,11+,12+/m1/s1. The van der Waals surface area contributed by atoms with E-state index in [-0.39, 0.29) is 17.7 Å². The summed E-state index contributed by atoms with van der Waals surface area (Å²) < 4.78 is 4.92. The molecular weight excluding hydrogens is 246 g/mol. The highest BCUT2D eigenvalue weighted by Crippen LogP contribution is 2.48. The monoisotopic (exact) mass is 261 g/mol. The average molecular weight is 261 g/mol. The van der Waals surface area contributed by atoms with Crippen LogP contribution in [0.25, 0.3) is 0 Å². The lowest BCUT2D eigenvalue weighted by Gasteiger charge is -2.23. The van der Waals surface area contributed by atoms with Crippen LogP contribution in [-0.4, -0.2) is 17.0 Å². The van der Waals surface area contributed by atoms with Gasteiger partial charge >= 0.3 is 5.97 Å². The Bertz CT molecular complexity index is 520. The number of aliphatic carboxylic acids is 1. The maximum atomic E-state index is 12.2. The molecular formula is C14H15NO4. The van der Waals surface area contributed by atoms with Crippen LogP contribution in [0.2, 0.25) is 0 Å². The second-order valence-electron chi connectivity index (χ2n) is 5.19. The Labute approximate surface area is 110 Å². The van der Waals surface area contributed by atoms with Crippen molar-refractivity contribution in [2.75, 3.05) is 0 Å². The number of furan rings is 1. The molecule has 0 aromatic carbocycles. The van der Waals surface area contributed by atoms with Crippen LogP contribution < -0.4 is 5.32 Å². The first kappa shape index (κ1) is 12.0. The van der Waals surface area contributed by atoms with Crippen molar-refractivity contribution < 1.29 is 19.1 Å². The van der Waals surface area contributed by atoms with Gasteiger partial charge in [0.2, 0.25) is 5.91 Å². The molecule has 2 aliphatic carbocycles. The van der Waals surface area contributed by atoms with Gasteiger partial charge in [-0.05, 0) is 24.3 Å². The number of rotatable bonds is 4. The summed E-state index contributed by atoms with van der Waals surface area (Å²) in [4.78, 5) is 23.5. The Morgan fingerprint density at radius 1 is 1.32 bits per heavy atom. The van der Waals surface area contributed by atoms with E-state index < -0.39 is 17.8 Å². The minimum atomic E-state index is -0.875. The second-order valence-corrected chi connectivity index (χ2v) is 5.19. The summed E-state index contributed by atoms with van der Waals surface area (Å²) in [6.45, 7) is 0.374. The molecule has 1 fully saturated rings. The zero-order valence-corrected chi connectivity index (χ0v) is 10.3. The fourth-order valence-electron chi connectivity index (χ4n) is 3.22. The number of hydrogen-bond donors (Lipinski definition) is 2. The lowest BCUT2D eigenvalue weighted by molar-refractivity contribution is -0.147. The van der Waals surface area contributed by atoms with Gasteiger partial charge in [-0.15, -0.1) is 0 Å². The largest absolute Gasteiger partial charge is 0.481 e. The molecule has 1 aromatic rings. The zero-order chi connectivity index (χ0) is 13.4. The minimum Gasteiger partial charge on any atom is -0.481 e. The number of fused-ring (bicyclic) bond motifs is 2. The van der Waals surface area contributed by atoms with Crippen molar-refractivity contribution in [3.05, 3.63) is 36.3 Å². The van der Waals surface area contributed by atoms with Gasteiger partial charge in [0.1, 0.15) is 0 Å². The van der Waals surface area contributed by atoms with Gasteiger partial charge in [-0.2, -0.15) is 0 Å². The first-order valence-electron chi connectivity index (χ1n) is 6.36. The quantitative estimate of drug-likeness (QED) is 0.803. The molecule has 19 heavy (non-hydrogen) atoms. The molecule has 0 radical (unpaired) electrons. The van der Waals surface area contributed by atoms with Gasteiger partial charge in [0.05, 0.1) is 24.4 Å². The molecule has 0 spiro atoms. The van der Waals surface area contributed by atoms with Crippen molar-refractivity contribution in [3.63, 3.8) is 0 Å². The number of carbonyl (C=O) groups is 2. The third kappa shape index (κ3) is 2.05. The second kappa shape index (κ2) is 4.57. The predicted molar refractivity (Wildman–Crippen MR) is 65.9 cm³/mol. The Hall–Kier alpha value is -2.04. The van der Waals surface area contributed by atoms with Crippen LogP contribution in [-0.2, 0) is 16.1 Å². The Kier molecular flexibility index (Phi) is 2.89. The van der Waals surface area contributed by atoms with E-state index >= 15 is 0 Å². The number of allylic oxidation sites excluding steroid dienone is 2. The smallest absolute Gasteiger partial charge is 0.307 e. The summed E-state index contributed by atoms with van der Waals surface area (Å²) in [7, 11) is 0. The van der Waals surface area contributed by atoms with Gasteiger partial charge in [0.15, 0.2) is 0 Å². The molecule has 5 nitrogen and oxygen atoms in total. The van der Waals surface area contributed by atoms with Crippen LogP contribution in [0, 0.1) is 23.7 Å². The summed E-state index contributed by atoms with van der Waals surface area (Å²) in [5.41, 5.74) is 0.874. The fourth-order valence-corrected chi connectivity index (χ4v) is 3.22. The van der Waals surface area contributed by atoms with E-state index in [9.17, 15) is 14.7 Å². The number of hydrogen-bond acceptors (Lipinski definition) is 3. The first-order chi connectivity index (χ1) is 9.16. The zero-order valence-electron chi connectivity index (χ0n) is 10.3. The number of amides is 1. The van der Waals surface area contributed by atoms with Crippen LogP contribution in [0.4, 0.5) is 0 Å². The third-order valence-corrected chi connectivity index (χ3v) is 4.09. The van der Waals surface area contributed by atoms with Crippen LogP contribution in [0.3, 0.4) is 0 Å².